The van der Waals surface area contributed by atoms with Gasteiger partial charge in [-0.15, -0.1) is 0 Å². The first-order valence-corrected chi connectivity index (χ1v) is 18.9. The second-order valence-electron chi connectivity index (χ2n) is 15.4. The Balaban J connectivity index is 1.28. The predicted octanol–water partition coefficient (Wildman–Crippen LogP) is 11.0. The summed E-state index contributed by atoms with van der Waals surface area (Å²) >= 11 is 2.15. The van der Waals surface area contributed by atoms with Crippen LogP contribution >= 0.6 is 0 Å². The maximum absolute atomic E-state index is 8.34. The zero-order valence-corrected chi connectivity index (χ0v) is 30.8. The van der Waals surface area contributed by atoms with Gasteiger partial charge in [0, 0.05) is 6.20 Å². The number of benzene rings is 3. The molecule has 0 saturated heterocycles. The molecular formula is C42H48N4OPt. The van der Waals surface area contributed by atoms with Crippen molar-refractivity contribution in [3.8, 4) is 17.2 Å². The summed E-state index contributed by atoms with van der Waals surface area (Å²) in [5.74, 6) is 3.75. The summed E-state index contributed by atoms with van der Waals surface area (Å²) in [4.78, 5) is 7.68. The van der Waals surface area contributed by atoms with Gasteiger partial charge in [0.05, 0.1) is 0 Å². The molecule has 5 aromatic rings. The summed E-state index contributed by atoms with van der Waals surface area (Å²) in [5, 5.41) is 0. The Morgan fingerprint density at radius 3 is 2.44 bits per heavy atom. The van der Waals surface area contributed by atoms with Crippen molar-refractivity contribution < 1.29 is 28.2 Å². The third-order valence-electron chi connectivity index (χ3n) is 11.3. The van der Waals surface area contributed by atoms with Gasteiger partial charge in [-0.25, -0.2) is 0 Å². The third kappa shape index (κ3) is 5.32. The van der Waals surface area contributed by atoms with Crippen molar-refractivity contribution in [3.05, 3.63) is 99.5 Å². The first-order chi connectivity index (χ1) is 24.3. The predicted molar refractivity (Wildman–Crippen MR) is 192 cm³/mol. The van der Waals surface area contributed by atoms with Crippen molar-refractivity contribution in [2.75, 3.05) is 4.90 Å². The first kappa shape index (κ1) is 28.4. The molecule has 2 unspecified atom stereocenters. The number of anilines is 2. The second kappa shape index (κ2) is 12.2. The molecule has 3 aliphatic rings. The van der Waals surface area contributed by atoms with E-state index in [1.54, 1.807) is 0 Å². The van der Waals surface area contributed by atoms with Crippen LogP contribution in [0.4, 0.5) is 11.5 Å². The molecule has 2 aliphatic carbocycles. The maximum atomic E-state index is 8.34. The van der Waals surface area contributed by atoms with Crippen molar-refractivity contribution >= 4 is 22.5 Å². The number of ether oxygens (including phenoxy) is 1. The molecule has 0 N–H and O–H groups in total. The van der Waals surface area contributed by atoms with E-state index in [-0.39, 0.29) is 11.0 Å². The van der Waals surface area contributed by atoms with Crippen LogP contribution < -0.4 is 9.64 Å². The molecule has 2 saturated carbocycles. The third-order valence-corrected chi connectivity index (χ3v) is 12.4. The molecule has 0 amide bonds. The van der Waals surface area contributed by atoms with Crippen LogP contribution in [0.15, 0.2) is 79.0 Å². The molecule has 2 atom stereocenters. The second-order valence-corrected chi connectivity index (χ2v) is 16.4. The van der Waals surface area contributed by atoms with Crippen LogP contribution in [0, 0.1) is 16.6 Å². The summed E-state index contributed by atoms with van der Waals surface area (Å²) in [6, 6.07) is 25.2. The average molecular weight is 823 g/mol. The van der Waals surface area contributed by atoms with Gasteiger partial charge in [-0.1, -0.05) is 32.1 Å². The van der Waals surface area contributed by atoms with Crippen molar-refractivity contribution in [1.82, 2.24) is 14.1 Å². The molecule has 8 rings (SSSR count). The van der Waals surface area contributed by atoms with Gasteiger partial charge < -0.3 is 0 Å². The number of fused-ring (bicyclic) bond motifs is 5. The van der Waals surface area contributed by atoms with Gasteiger partial charge in [0.25, 0.3) is 0 Å². The molecule has 0 radical (unpaired) electrons. The number of nitrogens with zero attached hydrogens (tertiary/aromatic N) is 4. The monoisotopic (exact) mass is 822 g/mol. The number of para-hydroxylation sites is 2. The Kier molecular flexibility index (Phi) is 7.20. The van der Waals surface area contributed by atoms with Crippen LogP contribution in [-0.2, 0) is 31.7 Å². The fraction of sp³-hybridized carbons (Fsp3) is 0.429. The molecule has 0 bridgehead atoms. The Labute approximate surface area is 300 Å². The van der Waals surface area contributed by atoms with Gasteiger partial charge in [0.15, 0.2) is 0 Å². The van der Waals surface area contributed by atoms with E-state index in [2.05, 4.69) is 94.4 Å². The Hall–Kier alpha value is -3.43. The number of imidazole rings is 1. The standard InChI is InChI=1S/C42H48N4O.Pt/c1-29-19-22-43-40(23-29)46-39-27-32(17-18-35(39)34-13-7-8-14-36(34)42(46)20-11-6-12-21-42)47-33-25-30(41(2,3)4)24-31(26-33)45-28-44(5)37-15-9-10-16-38(37)45;/h9-10,15-19,22-27,34,36H,6-8,11-14,20-21H2,1-5H3;/i5D3;. The Morgan fingerprint density at radius 1 is 0.875 bits per heavy atom. The van der Waals surface area contributed by atoms with Gasteiger partial charge in [0.2, 0.25) is 0 Å². The van der Waals surface area contributed by atoms with Gasteiger partial charge >= 0.3 is 238 Å². The first-order valence-electron chi connectivity index (χ1n) is 19.2. The van der Waals surface area contributed by atoms with Gasteiger partial charge in [0.1, 0.15) is 0 Å². The SMILES string of the molecule is [2H]C([2H])([2H])n1[c](=[Pt])n(-c2cc(Oc3ccc4c(c3)N(c3cc(C)ccn3)C3(CCCCC3)C3CCCCC43)cc(C(C)(C)C)c2)c2ccccc21. The minimum atomic E-state index is -2.32. The number of aryl methyl sites for hydroxylation is 2. The van der Waals surface area contributed by atoms with Crippen LogP contribution in [0.2, 0.25) is 0 Å². The van der Waals surface area contributed by atoms with Crippen LogP contribution in [-0.4, -0.2) is 19.7 Å². The van der Waals surface area contributed by atoms with Crippen LogP contribution in [0.3, 0.4) is 0 Å². The molecule has 1 spiro atoms. The molecule has 2 aromatic heterocycles. The zero-order chi connectivity index (χ0) is 35.7. The fourth-order valence-electron chi connectivity index (χ4n) is 9.10. The van der Waals surface area contributed by atoms with Crippen LogP contribution in [0.5, 0.6) is 11.5 Å². The molecule has 5 nitrogen and oxygen atoms in total. The summed E-state index contributed by atoms with van der Waals surface area (Å²) in [7, 11) is 0. The molecule has 1 aliphatic heterocycles. The molecule has 252 valence electrons. The van der Waals surface area contributed by atoms with E-state index in [0.717, 1.165) is 34.1 Å². The number of pyridine rings is 1. The molecule has 6 heteroatoms. The van der Waals surface area contributed by atoms with Crippen molar-refractivity contribution in [3.63, 3.8) is 0 Å². The van der Waals surface area contributed by atoms with E-state index in [4.69, 9.17) is 13.8 Å². The summed E-state index contributed by atoms with van der Waals surface area (Å²) < 4.78 is 36.0. The average Bonchev–Trinajstić information content (AvgIpc) is 3.40. The summed E-state index contributed by atoms with van der Waals surface area (Å²) in [6.07, 6.45) is 13.3. The molecule has 2 fully saturated rings. The zero-order valence-electron chi connectivity index (χ0n) is 31.5. The van der Waals surface area contributed by atoms with E-state index in [1.807, 2.05) is 41.1 Å². The normalized spacial score (nSPS) is 21.7. The quantitative estimate of drug-likeness (QED) is 0.181. The number of aromatic nitrogens is 3. The summed E-state index contributed by atoms with van der Waals surface area (Å²) in [5.41, 5.74) is 7.27. The van der Waals surface area contributed by atoms with E-state index in [1.165, 1.54) is 79.2 Å². The Bertz CT molecular complexity index is 2170. The van der Waals surface area contributed by atoms with E-state index in [0.29, 0.717) is 21.2 Å². The molecule has 48 heavy (non-hydrogen) atoms. The molecule has 3 heterocycles. The van der Waals surface area contributed by atoms with E-state index >= 15 is 0 Å². The van der Waals surface area contributed by atoms with Crippen molar-refractivity contribution in [2.45, 2.75) is 102 Å². The van der Waals surface area contributed by atoms with Gasteiger partial charge in [-0.05, 0) is 25.0 Å². The number of hydrogen-bond donors (Lipinski definition) is 0. The van der Waals surface area contributed by atoms with Gasteiger partial charge in [-0.3, -0.25) is 0 Å². The molecule has 3 aromatic carbocycles. The minimum absolute atomic E-state index is 0.0550. The fourth-order valence-corrected chi connectivity index (χ4v) is 9.94. The topological polar surface area (TPSA) is 35.2 Å². The summed E-state index contributed by atoms with van der Waals surface area (Å²) in [6.45, 7) is 6.45. The van der Waals surface area contributed by atoms with Crippen LogP contribution in [0.25, 0.3) is 16.7 Å². The number of hydrogen-bond acceptors (Lipinski definition) is 3. The molecular weight excluding hydrogens is 772 g/mol. The van der Waals surface area contributed by atoms with Gasteiger partial charge in [-0.2, -0.15) is 0 Å². The Morgan fingerprint density at radius 2 is 1.67 bits per heavy atom. The van der Waals surface area contributed by atoms with E-state index in [9.17, 15) is 0 Å². The van der Waals surface area contributed by atoms with Crippen molar-refractivity contribution in [2.24, 2.45) is 12.9 Å². The van der Waals surface area contributed by atoms with Crippen LogP contribution in [0.1, 0.15) is 105 Å². The van der Waals surface area contributed by atoms with E-state index < -0.39 is 6.98 Å². The number of rotatable bonds is 4. The van der Waals surface area contributed by atoms with Crippen molar-refractivity contribution in [1.29, 1.82) is 0 Å².